The maximum absolute atomic E-state index is 12.1. The average Bonchev–Trinajstić information content (AvgIpc) is 3.09. The van der Waals surface area contributed by atoms with Gasteiger partial charge in [0.15, 0.2) is 5.82 Å². The molecule has 1 aromatic heterocycles. The lowest BCUT2D eigenvalue weighted by Crippen LogP contribution is -2.46. The van der Waals surface area contributed by atoms with Crippen LogP contribution in [0, 0.1) is 0 Å². The van der Waals surface area contributed by atoms with Crippen molar-refractivity contribution in [1.29, 1.82) is 0 Å². The molecule has 1 saturated heterocycles. The van der Waals surface area contributed by atoms with Crippen LogP contribution < -0.4 is 15.4 Å². The zero-order valence-corrected chi connectivity index (χ0v) is 14.4. The SMILES string of the molecule is COc1ccc(-c2n[nH]c(CNC(=O)C3CCCCN3)n2)cc1.Cl. The minimum absolute atomic E-state index is 0. The van der Waals surface area contributed by atoms with Crippen LogP contribution in [0.25, 0.3) is 11.4 Å². The molecule has 1 atom stereocenters. The van der Waals surface area contributed by atoms with E-state index in [0.717, 1.165) is 37.1 Å². The Bertz CT molecular complexity index is 653. The van der Waals surface area contributed by atoms with Crippen LogP contribution in [-0.2, 0) is 11.3 Å². The number of carbonyl (C=O) groups is 1. The maximum Gasteiger partial charge on any atom is 0.237 e. The summed E-state index contributed by atoms with van der Waals surface area (Å²) in [5.41, 5.74) is 0.897. The van der Waals surface area contributed by atoms with Crippen molar-refractivity contribution >= 4 is 18.3 Å². The molecule has 7 nitrogen and oxygen atoms in total. The third-order valence-electron chi connectivity index (χ3n) is 3.94. The topological polar surface area (TPSA) is 91.9 Å². The van der Waals surface area contributed by atoms with Crippen LogP contribution >= 0.6 is 12.4 Å². The highest BCUT2D eigenvalue weighted by molar-refractivity contribution is 5.85. The number of carbonyl (C=O) groups excluding carboxylic acids is 1. The monoisotopic (exact) mass is 351 g/mol. The predicted molar refractivity (Wildman–Crippen MR) is 93.1 cm³/mol. The Morgan fingerprint density at radius 1 is 1.33 bits per heavy atom. The number of nitrogens with zero attached hydrogens (tertiary/aromatic N) is 2. The van der Waals surface area contributed by atoms with Crippen molar-refractivity contribution in [3.63, 3.8) is 0 Å². The standard InChI is InChI=1S/C16H21N5O2.ClH/c1-23-12-7-5-11(6-8-12)15-19-14(20-21-15)10-18-16(22)13-4-2-3-9-17-13;/h5-8,13,17H,2-4,9-10H2,1H3,(H,18,22)(H,19,20,21);1H. The quantitative estimate of drug-likeness (QED) is 0.762. The Morgan fingerprint density at radius 3 is 2.79 bits per heavy atom. The Kier molecular flexibility index (Phi) is 6.57. The van der Waals surface area contributed by atoms with E-state index in [1.54, 1.807) is 7.11 Å². The van der Waals surface area contributed by atoms with Gasteiger partial charge in [-0.3, -0.25) is 9.89 Å². The molecule has 3 N–H and O–H groups in total. The number of aromatic nitrogens is 3. The molecular formula is C16H22ClN5O2. The molecular weight excluding hydrogens is 330 g/mol. The highest BCUT2D eigenvalue weighted by atomic mass is 35.5. The van der Waals surface area contributed by atoms with Crippen LogP contribution in [0.15, 0.2) is 24.3 Å². The van der Waals surface area contributed by atoms with E-state index in [2.05, 4.69) is 25.8 Å². The van der Waals surface area contributed by atoms with Gasteiger partial charge in [-0.2, -0.15) is 5.10 Å². The van der Waals surface area contributed by atoms with Gasteiger partial charge in [-0.15, -0.1) is 12.4 Å². The molecule has 1 amide bonds. The molecule has 1 aliphatic rings. The molecule has 0 saturated carbocycles. The fourth-order valence-corrected chi connectivity index (χ4v) is 2.61. The Hall–Kier alpha value is -2.12. The number of hydrogen-bond acceptors (Lipinski definition) is 5. The second-order valence-electron chi connectivity index (χ2n) is 5.55. The second-order valence-corrected chi connectivity index (χ2v) is 5.55. The predicted octanol–water partition coefficient (Wildman–Crippen LogP) is 1.66. The smallest absolute Gasteiger partial charge is 0.237 e. The zero-order valence-electron chi connectivity index (χ0n) is 13.5. The molecule has 1 fully saturated rings. The van der Waals surface area contributed by atoms with Gasteiger partial charge in [-0.05, 0) is 43.7 Å². The number of hydrogen-bond donors (Lipinski definition) is 3. The molecule has 0 bridgehead atoms. The molecule has 2 aromatic rings. The number of H-pyrrole nitrogens is 1. The van der Waals surface area contributed by atoms with Crippen molar-refractivity contribution in [2.24, 2.45) is 0 Å². The third kappa shape index (κ3) is 4.46. The molecule has 0 aliphatic carbocycles. The Balaban J connectivity index is 0.00000208. The molecule has 1 unspecified atom stereocenters. The van der Waals surface area contributed by atoms with Crippen LogP contribution in [0.4, 0.5) is 0 Å². The number of benzene rings is 1. The van der Waals surface area contributed by atoms with E-state index in [1.165, 1.54) is 0 Å². The number of amides is 1. The van der Waals surface area contributed by atoms with Gasteiger partial charge in [0, 0.05) is 5.56 Å². The summed E-state index contributed by atoms with van der Waals surface area (Å²) in [6, 6.07) is 7.43. The van der Waals surface area contributed by atoms with Gasteiger partial charge >= 0.3 is 0 Å². The molecule has 3 rings (SSSR count). The van der Waals surface area contributed by atoms with Gasteiger partial charge in [0.1, 0.15) is 11.6 Å². The number of ether oxygens (including phenoxy) is 1. The maximum atomic E-state index is 12.1. The summed E-state index contributed by atoms with van der Waals surface area (Å²) in [6.45, 7) is 1.25. The van der Waals surface area contributed by atoms with Crippen molar-refractivity contribution < 1.29 is 9.53 Å². The summed E-state index contributed by atoms with van der Waals surface area (Å²) in [4.78, 5) is 16.5. The van der Waals surface area contributed by atoms with Crippen molar-refractivity contribution in [3.8, 4) is 17.1 Å². The number of rotatable bonds is 5. The third-order valence-corrected chi connectivity index (χ3v) is 3.94. The first-order valence-electron chi connectivity index (χ1n) is 7.83. The van der Waals surface area contributed by atoms with E-state index < -0.39 is 0 Å². The fourth-order valence-electron chi connectivity index (χ4n) is 2.61. The number of aromatic amines is 1. The summed E-state index contributed by atoms with van der Waals surface area (Å²) in [7, 11) is 1.63. The fraction of sp³-hybridized carbons (Fsp3) is 0.438. The molecule has 24 heavy (non-hydrogen) atoms. The van der Waals surface area contributed by atoms with E-state index in [4.69, 9.17) is 4.74 Å². The average molecular weight is 352 g/mol. The van der Waals surface area contributed by atoms with Crippen molar-refractivity contribution in [2.75, 3.05) is 13.7 Å². The van der Waals surface area contributed by atoms with Gasteiger partial charge in [0.25, 0.3) is 0 Å². The normalized spacial score (nSPS) is 17.0. The van der Waals surface area contributed by atoms with Crippen LogP contribution in [0.2, 0.25) is 0 Å². The molecule has 2 heterocycles. The molecule has 1 aromatic carbocycles. The summed E-state index contributed by atoms with van der Waals surface area (Å²) in [5.74, 6) is 2.05. The summed E-state index contributed by atoms with van der Waals surface area (Å²) in [6.07, 6.45) is 3.12. The van der Waals surface area contributed by atoms with Crippen LogP contribution in [-0.4, -0.2) is 40.8 Å². The summed E-state index contributed by atoms with van der Waals surface area (Å²) >= 11 is 0. The van der Waals surface area contributed by atoms with Crippen molar-refractivity contribution in [3.05, 3.63) is 30.1 Å². The van der Waals surface area contributed by atoms with Gasteiger partial charge < -0.3 is 15.4 Å². The van der Waals surface area contributed by atoms with E-state index in [1.807, 2.05) is 24.3 Å². The number of piperidine rings is 1. The summed E-state index contributed by atoms with van der Waals surface area (Å²) in [5, 5.41) is 13.2. The second kappa shape index (κ2) is 8.65. The van der Waals surface area contributed by atoms with E-state index in [-0.39, 0.29) is 24.4 Å². The lowest BCUT2D eigenvalue weighted by molar-refractivity contribution is -0.123. The molecule has 130 valence electrons. The first kappa shape index (κ1) is 18.2. The number of methoxy groups -OCH3 is 1. The first-order chi connectivity index (χ1) is 11.3. The minimum atomic E-state index is -0.0901. The van der Waals surface area contributed by atoms with Gasteiger partial charge in [-0.1, -0.05) is 6.42 Å². The van der Waals surface area contributed by atoms with Gasteiger partial charge in [-0.25, -0.2) is 4.98 Å². The summed E-state index contributed by atoms with van der Waals surface area (Å²) < 4.78 is 5.13. The Labute approximate surface area is 147 Å². The van der Waals surface area contributed by atoms with Crippen LogP contribution in [0.3, 0.4) is 0 Å². The largest absolute Gasteiger partial charge is 0.497 e. The number of halogens is 1. The highest BCUT2D eigenvalue weighted by Gasteiger charge is 2.20. The van der Waals surface area contributed by atoms with E-state index >= 15 is 0 Å². The lowest BCUT2D eigenvalue weighted by Gasteiger charge is -2.22. The minimum Gasteiger partial charge on any atom is -0.497 e. The number of nitrogens with one attached hydrogen (secondary N) is 3. The van der Waals surface area contributed by atoms with Crippen LogP contribution in [0.1, 0.15) is 25.1 Å². The molecule has 0 spiro atoms. The van der Waals surface area contributed by atoms with Gasteiger partial charge in [0.2, 0.25) is 5.91 Å². The lowest BCUT2D eigenvalue weighted by atomic mass is 10.0. The Morgan fingerprint density at radius 2 is 2.12 bits per heavy atom. The van der Waals surface area contributed by atoms with Crippen molar-refractivity contribution in [1.82, 2.24) is 25.8 Å². The highest BCUT2D eigenvalue weighted by Crippen LogP contribution is 2.18. The molecule has 8 heteroatoms. The van der Waals surface area contributed by atoms with E-state index in [0.29, 0.717) is 18.2 Å². The van der Waals surface area contributed by atoms with Crippen molar-refractivity contribution in [2.45, 2.75) is 31.8 Å². The molecule has 1 aliphatic heterocycles. The van der Waals surface area contributed by atoms with E-state index in [9.17, 15) is 4.79 Å². The van der Waals surface area contributed by atoms with Crippen LogP contribution in [0.5, 0.6) is 5.75 Å². The first-order valence-corrected chi connectivity index (χ1v) is 7.83. The van der Waals surface area contributed by atoms with Gasteiger partial charge in [0.05, 0.1) is 19.7 Å². The molecule has 0 radical (unpaired) electrons. The zero-order chi connectivity index (χ0) is 16.1.